The van der Waals surface area contributed by atoms with Gasteiger partial charge in [-0.25, -0.2) is 0 Å². The molecule has 0 unspecified atom stereocenters. The van der Waals surface area contributed by atoms with E-state index < -0.39 is 8.48 Å². The van der Waals surface area contributed by atoms with E-state index >= 15 is 0 Å². The summed E-state index contributed by atoms with van der Waals surface area (Å²) in [5.74, 6) is 0.786. The zero-order chi connectivity index (χ0) is 12.9. The highest BCUT2D eigenvalue weighted by Gasteiger charge is 2.31. The van der Waals surface area contributed by atoms with Crippen LogP contribution >= 0.6 is 0 Å². The minimum Gasteiger partial charge on any atom is -0.530 e. The van der Waals surface area contributed by atoms with Crippen LogP contribution in [0.25, 0.3) is 5.76 Å². The van der Waals surface area contributed by atoms with Gasteiger partial charge < -0.3 is 4.43 Å². The minimum absolute atomic E-state index is 0.786. The molecule has 0 N–H and O–H groups in total. The fourth-order valence-electron chi connectivity index (χ4n) is 2.03. The van der Waals surface area contributed by atoms with Crippen molar-refractivity contribution in [1.29, 1.82) is 0 Å². The summed E-state index contributed by atoms with van der Waals surface area (Å²) in [6.45, 7) is 14.9. The lowest BCUT2D eigenvalue weighted by atomic mass is 10.2. The quantitative estimate of drug-likeness (QED) is 0.563. The van der Waals surface area contributed by atoms with Crippen LogP contribution < -0.4 is 0 Å². The molecule has 0 saturated heterocycles. The van der Waals surface area contributed by atoms with E-state index in [9.17, 15) is 0 Å². The number of rotatable bonds is 6. The van der Waals surface area contributed by atoms with Gasteiger partial charge in [0.15, 0.2) is 0 Å². The highest BCUT2D eigenvalue weighted by Crippen LogP contribution is 2.21. The maximum absolute atomic E-state index is 6.14. The summed E-state index contributed by atoms with van der Waals surface area (Å²) in [7, 11) is -1.84. The first-order valence-corrected chi connectivity index (χ1v) is 9.05. The van der Waals surface area contributed by atoms with E-state index in [0.717, 1.165) is 24.4 Å². The Morgan fingerprint density at radius 1 is 1.18 bits per heavy atom. The summed E-state index contributed by atoms with van der Waals surface area (Å²) in [5.41, 5.74) is 1.07. The highest BCUT2D eigenvalue weighted by molar-refractivity contribution is 6.69. The molecule has 2 nitrogen and oxygen atoms in total. The van der Waals surface area contributed by atoms with Gasteiger partial charge in [-0.1, -0.05) is 50.8 Å². The number of hydrogen-bond acceptors (Lipinski definition) is 2. The third-order valence-electron chi connectivity index (χ3n) is 2.99. The highest BCUT2D eigenvalue weighted by atomic mass is 28.4. The molecule has 0 aliphatic carbocycles. The molecule has 3 heteroatoms. The van der Waals surface area contributed by atoms with Gasteiger partial charge in [-0.05, 0) is 26.2 Å². The molecule has 0 fully saturated rings. The average molecular weight is 249 g/mol. The summed E-state index contributed by atoms with van der Waals surface area (Å²) >= 11 is 0. The van der Waals surface area contributed by atoms with Crippen LogP contribution in [0.3, 0.4) is 0 Å². The summed E-state index contributed by atoms with van der Waals surface area (Å²) in [6, 6.07) is 10.1. The molecular weight excluding hydrogens is 226 g/mol. The first kappa shape index (κ1) is 14.0. The molecule has 0 heterocycles. The van der Waals surface area contributed by atoms with Crippen LogP contribution in [-0.4, -0.2) is 26.1 Å². The fraction of sp³-hybridized carbons (Fsp3) is 0.429. The van der Waals surface area contributed by atoms with E-state index in [-0.39, 0.29) is 0 Å². The van der Waals surface area contributed by atoms with Crippen LogP contribution in [0.5, 0.6) is 0 Å². The van der Waals surface area contributed by atoms with Crippen molar-refractivity contribution in [1.82, 2.24) is 4.57 Å². The molecule has 0 aliphatic rings. The summed E-state index contributed by atoms with van der Waals surface area (Å²) in [4.78, 5) is 0. The molecule has 0 spiro atoms. The van der Waals surface area contributed by atoms with Gasteiger partial charge in [-0.2, -0.15) is 0 Å². The lowest BCUT2D eigenvalue weighted by Gasteiger charge is -2.35. The van der Waals surface area contributed by atoms with Gasteiger partial charge in [0.2, 0.25) is 0 Å². The predicted molar refractivity (Wildman–Crippen MR) is 77.0 cm³/mol. The van der Waals surface area contributed by atoms with E-state index in [4.69, 9.17) is 4.43 Å². The number of nitrogens with zero attached hydrogens (tertiary/aromatic N) is 1. The number of hydrogen-bond donors (Lipinski definition) is 0. The van der Waals surface area contributed by atoms with Crippen molar-refractivity contribution < 1.29 is 4.43 Å². The third-order valence-corrected chi connectivity index (χ3v) is 5.90. The Morgan fingerprint density at radius 2 is 1.71 bits per heavy atom. The molecule has 0 aliphatic heterocycles. The second kappa shape index (κ2) is 6.03. The Kier molecular flexibility index (Phi) is 4.96. The lowest BCUT2D eigenvalue weighted by Crippen LogP contribution is -2.50. The first-order valence-electron chi connectivity index (χ1n) is 6.19. The van der Waals surface area contributed by atoms with Crippen molar-refractivity contribution in [2.45, 2.75) is 26.9 Å². The molecule has 1 aromatic carbocycles. The van der Waals surface area contributed by atoms with E-state index in [1.165, 1.54) is 0 Å². The largest absolute Gasteiger partial charge is 0.530 e. The second-order valence-electron chi connectivity index (χ2n) is 4.51. The smallest absolute Gasteiger partial charge is 0.325 e. The molecular formula is C14H23NOSi. The second-order valence-corrected chi connectivity index (χ2v) is 8.24. The molecule has 0 saturated carbocycles. The molecule has 1 aromatic rings. The molecule has 17 heavy (non-hydrogen) atoms. The Balaban J connectivity index is 2.74. The molecule has 0 atom stereocenters. The maximum Gasteiger partial charge on any atom is 0.325 e. The summed E-state index contributed by atoms with van der Waals surface area (Å²) in [6.07, 6.45) is 0. The van der Waals surface area contributed by atoms with Gasteiger partial charge in [-0.3, -0.25) is 4.57 Å². The molecule has 94 valence electrons. The van der Waals surface area contributed by atoms with Crippen molar-refractivity contribution in [2.24, 2.45) is 0 Å². The van der Waals surface area contributed by atoms with E-state index in [1.807, 2.05) is 30.3 Å². The van der Waals surface area contributed by atoms with Gasteiger partial charge in [-0.15, -0.1) is 0 Å². The third kappa shape index (κ3) is 3.72. The molecule has 0 amide bonds. The van der Waals surface area contributed by atoms with Crippen LogP contribution in [0.1, 0.15) is 19.4 Å². The van der Waals surface area contributed by atoms with Crippen molar-refractivity contribution in [3.63, 3.8) is 0 Å². The van der Waals surface area contributed by atoms with Crippen molar-refractivity contribution in [3.05, 3.63) is 42.5 Å². The van der Waals surface area contributed by atoms with Crippen molar-refractivity contribution in [3.8, 4) is 0 Å². The SMILES string of the molecule is C=C(O[Si](C)(C)N(CC)CC)c1ccccc1. The zero-order valence-electron chi connectivity index (χ0n) is 11.4. The monoisotopic (exact) mass is 249 g/mol. The van der Waals surface area contributed by atoms with Crippen LogP contribution in [0.4, 0.5) is 0 Å². The van der Waals surface area contributed by atoms with Gasteiger partial charge >= 0.3 is 8.48 Å². The fourth-order valence-corrected chi connectivity index (χ4v) is 4.41. The Labute approximate surface area is 106 Å². The van der Waals surface area contributed by atoms with Gasteiger partial charge in [0.05, 0.1) is 0 Å². The topological polar surface area (TPSA) is 12.5 Å². The molecule has 0 radical (unpaired) electrons. The average Bonchev–Trinajstić information content (AvgIpc) is 2.30. The number of benzene rings is 1. The standard InChI is InChI=1S/C14H23NOSi/c1-6-15(7-2)17(4,5)16-13(3)14-11-9-8-10-12-14/h8-12H,3,6-7H2,1-2,4-5H3. The lowest BCUT2D eigenvalue weighted by molar-refractivity contribution is 0.358. The van der Waals surface area contributed by atoms with E-state index in [0.29, 0.717) is 0 Å². The van der Waals surface area contributed by atoms with E-state index in [1.54, 1.807) is 0 Å². The van der Waals surface area contributed by atoms with E-state index in [2.05, 4.69) is 38.1 Å². The van der Waals surface area contributed by atoms with Crippen LogP contribution in [0, 0.1) is 0 Å². The van der Waals surface area contributed by atoms with Crippen molar-refractivity contribution in [2.75, 3.05) is 13.1 Å². The minimum atomic E-state index is -1.84. The first-order chi connectivity index (χ1) is 8.01. The van der Waals surface area contributed by atoms with Crippen LogP contribution in [-0.2, 0) is 4.43 Å². The summed E-state index contributed by atoms with van der Waals surface area (Å²) < 4.78 is 8.54. The molecule has 1 rings (SSSR count). The van der Waals surface area contributed by atoms with Gasteiger partial charge in [0.25, 0.3) is 0 Å². The zero-order valence-corrected chi connectivity index (χ0v) is 12.4. The summed E-state index contributed by atoms with van der Waals surface area (Å²) in [5, 5.41) is 0. The van der Waals surface area contributed by atoms with Crippen LogP contribution in [0.15, 0.2) is 36.9 Å². The Morgan fingerprint density at radius 3 is 2.18 bits per heavy atom. The van der Waals surface area contributed by atoms with Gasteiger partial charge in [0, 0.05) is 5.56 Å². The predicted octanol–water partition coefficient (Wildman–Crippen LogP) is 3.72. The molecule has 0 aromatic heterocycles. The molecule has 0 bridgehead atoms. The maximum atomic E-state index is 6.14. The Hall–Kier alpha value is -1.06. The van der Waals surface area contributed by atoms with Crippen molar-refractivity contribution >= 4 is 14.2 Å². The Bertz CT molecular complexity index is 358. The normalized spacial score (nSPS) is 11.6. The van der Waals surface area contributed by atoms with Crippen LogP contribution in [0.2, 0.25) is 13.1 Å². The van der Waals surface area contributed by atoms with Gasteiger partial charge in [0.1, 0.15) is 5.76 Å².